The Morgan fingerprint density at radius 3 is 2.38 bits per heavy atom. The lowest BCUT2D eigenvalue weighted by Gasteiger charge is -2.21. The molecule has 0 fully saturated rings. The van der Waals surface area contributed by atoms with Crippen LogP contribution in [0.5, 0.6) is 0 Å². The number of unbranched alkanes of at least 4 members (excludes halogenated alkanes) is 3. The van der Waals surface area contributed by atoms with E-state index in [1.54, 1.807) is 0 Å². The van der Waals surface area contributed by atoms with E-state index in [1.165, 1.54) is 34.2 Å². The molecule has 1 N–H and O–H groups in total. The zero-order valence-electron chi connectivity index (χ0n) is 16.6. The Hall–Kier alpha value is -1.49. The fourth-order valence-corrected chi connectivity index (χ4v) is 4.80. The summed E-state index contributed by atoms with van der Waals surface area (Å²) >= 11 is 0. The van der Waals surface area contributed by atoms with Crippen LogP contribution in [0.25, 0.3) is 10.8 Å². The van der Waals surface area contributed by atoms with Gasteiger partial charge in [-0.1, -0.05) is 48.8 Å². The predicted molar refractivity (Wildman–Crippen MR) is 121 cm³/mol. The summed E-state index contributed by atoms with van der Waals surface area (Å²) in [5, 5.41) is 2.51. The molecule has 0 spiro atoms. The van der Waals surface area contributed by atoms with Crippen molar-refractivity contribution in [2.24, 2.45) is 0 Å². The van der Waals surface area contributed by atoms with Gasteiger partial charge in [-0.2, -0.15) is 0 Å². The van der Waals surface area contributed by atoms with Crippen LogP contribution in [-0.4, -0.2) is 45.6 Å². The number of hydrogen-bond donors (Lipinski definition) is 1. The summed E-state index contributed by atoms with van der Waals surface area (Å²) in [5.41, 5.74) is 1.23. The highest BCUT2D eigenvalue weighted by Gasteiger charge is 2.09. The van der Waals surface area contributed by atoms with Crippen molar-refractivity contribution in [3.05, 3.63) is 36.4 Å². The second-order valence-corrected chi connectivity index (χ2v) is 9.41. The number of fused-ring (bicyclic) bond motifs is 1. The summed E-state index contributed by atoms with van der Waals surface area (Å²) in [6.07, 6.45) is 4.74. The molecular formula is C22H34N2OS. The van der Waals surface area contributed by atoms with Gasteiger partial charge in [-0.05, 0) is 37.3 Å². The summed E-state index contributed by atoms with van der Waals surface area (Å²) < 4.78 is 9.02. The Morgan fingerprint density at radius 2 is 1.65 bits per heavy atom. The molecule has 4 heteroatoms. The minimum Gasteiger partial charge on any atom is -0.382 e. The number of nitrogens with one attached hydrogen (secondary N) is 1. The van der Waals surface area contributed by atoms with E-state index in [1.807, 2.05) is 6.92 Å². The molecule has 0 unspecified atom stereocenters. The predicted octanol–water partition coefficient (Wildman–Crippen LogP) is 5.03. The largest absolute Gasteiger partial charge is 0.382 e. The Bertz CT molecular complexity index is 797. The lowest BCUT2D eigenvalue weighted by Crippen LogP contribution is -2.12. The van der Waals surface area contributed by atoms with E-state index in [0.29, 0.717) is 0 Å². The van der Waals surface area contributed by atoms with Gasteiger partial charge in [-0.3, -0.25) is 4.72 Å². The van der Waals surface area contributed by atoms with Crippen LogP contribution in [0.4, 0.5) is 5.69 Å². The van der Waals surface area contributed by atoms with Gasteiger partial charge in [0, 0.05) is 49.8 Å². The molecule has 144 valence electrons. The number of nitrogens with zero attached hydrogens (tertiary/aromatic N) is 1. The molecule has 0 saturated heterocycles. The molecule has 0 amide bonds. The van der Waals surface area contributed by atoms with Crippen molar-refractivity contribution >= 4 is 37.6 Å². The Morgan fingerprint density at radius 1 is 0.962 bits per heavy atom. The SMILES string of the molecule is C=S(=C)(NCCCCCCOCC)c1cccc2c(N(C)C)cccc12. The first kappa shape index (κ1) is 20.8. The highest BCUT2D eigenvalue weighted by atomic mass is 32.2. The van der Waals surface area contributed by atoms with E-state index in [2.05, 4.69) is 71.9 Å². The van der Waals surface area contributed by atoms with Gasteiger partial charge in [0.05, 0.1) is 0 Å². The summed E-state index contributed by atoms with van der Waals surface area (Å²) in [6, 6.07) is 12.9. The van der Waals surface area contributed by atoms with Crippen molar-refractivity contribution in [3.8, 4) is 0 Å². The Labute approximate surface area is 160 Å². The minimum atomic E-state index is -1.52. The van der Waals surface area contributed by atoms with Crippen molar-refractivity contribution < 1.29 is 4.74 Å². The molecular weight excluding hydrogens is 340 g/mol. The summed E-state index contributed by atoms with van der Waals surface area (Å²) in [4.78, 5) is 3.39. The molecule has 3 nitrogen and oxygen atoms in total. The number of benzene rings is 2. The van der Waals surface area contributed by atoms with Crippen molar-refractivity contribution in [2.75, 3.05) is 38.8 Å². The van der Waals surface area contributed by atoms with Crippen molar-refractivity contribution in [1.29, 1.82) is 0 Å². The smallest absolute Gasteiger partial charge is 0.0465 e. The van der Waals surface area contributed by atoms with E-state index < -0.39 is 9.39 Å². The van der Waals surface area contributed by atoms with Crippen LogP contribution < -0.4 is 9.62 Å². The van der Waals surface area contributed by atoms with Gasteiger partial charge in [0.25, 0.3) is 0 Å². The van der Waals surface area contributed by atoms with Gasteiger partial charge in [-0.25, -0.2) is 0 Å². The highest BCUT2D eigenvalue weighted by Crippen LogP contribution is 2.37. The normalized spacial score (nSPS) is 11.8. The molecule has 26 heavy (non-hydrogen) atoms. The maximum absolute atomic E-state index is 5.38. The average molecular weight is 375 g/mol. The summed E-state index contributed by atoms with van der Waals surface area (Å²) in [6.45, 7) is 4.70. The van der Waals surface area contributed by atoms with Gasteiger partial charge in [0.15, 0.2) is 0 Å². The zero-order valence-corrected chi connectivity index (χ0v) is 17.4. The first-order valence-corrected chi connectivity index (χ1v) is 11.5. The van der Waals surface area contributed by atoms with Crippen molar-refractivity contribution in [1.82, 2.24) is 4.72 Å². The second kappa shape index (κ2) is 10.0. The van der Waals surface area contributed by atoms with Crippen molar-refractivity contribution in [2.45, 2.75) is 37.5 Å². The molecule has 0 aliphatic carbocycles. The fourth-order valence-electron chi connectivity index (χ4n) is 3.17. The lowest BCUT2D eigenvalue weighted by atomic mass is 10.1. The topological polar surface area (TPSA) is 24.5 Å². The van der Waals surface area contributed by atoms with Gasteiger partial charge in [-0.15, -0.1) is 9.39 Å². The molecule has 0 bridgehead atoms. The second-order valence-electron chi connectivity index (χ2n) is 6.91. The molecule has 0 heterocycles. The molecule has 0 radical (unpaired) electrons. The molecule has 0 aliphatic rings. The van der Waals surface area contributed by atoms with Crippen LogP contribution in [0.3, 0.4) is 0 Å². The van der Waals surface area contributed by atoms with Crippen LogP contribution in [0, 0.1) is 0 Å². The standard InChI is InChI=1S/C22H34N2OS/c1-6-25-18-10-8-7-9-17-23-26(4,5)22-16-12-13-19-20(22)14-11-15-21(19)24(2)3/h11-16,23H,4-10,17-18H2,1-3H3. The number of rotatable bonds is 11. The van der Waals surface area contributed by atoms with Crippen LogP contribution in [-0.2, 0) is 4.74 Å². The first-order valence-electron chi connectivity index (χ1n) is 9.48. The van der Waals surface area contributed by atoms with Gasteiger partial charge < -0.3 is 9.64 Å². The summed E-state index contributed by atoms with van der Waals surface area (Å²) in [5.74, 6) is 8.90. The maximum atomic E-state index is 5.38. The van der Waals surface area contributed by atoms with E-state index >= 15 is 0 Å². The Balaban J connectivity index is 2.02. The average Bonchev–Trinajstić information content (AvgIpc) is 2.62. The number of hydrogen-bond acceptors (Lipinski definition) is 3. The molecule has 0 atom stereocenters. The van der Waals surface area contributed by atoms with E-state index in [4.69, 9.17) is 4.74 Å². The number of anilines is 1. The van der Waals surface area contributed by atoms with E-state index in [-0.39, 0.29) is 0 Å². The van der Waals surface area contributed by atoms with Crippen molar-refractivity contribution in [3.63, 3.8) is 0 Å². The van der Waals surface area contributed by atoms with Gasteiger partial charge >= 0.3 is 0 Å². The first-order chi connectivity index (χ1) is 12.5. The van der Waals surface area contributed by atoms with Crippen LogP contribution >= 0.6 is 9.39 Å². The third-order valence-corrected chi connectivity index (χ3v) is 6.51. The van der Waals surface area contributed by atoms with Crippen LogP contribution in [0.15, 0.2) is 41.3 Å². The van der Waals surface area contributed by atoms with Crippen LogP contribution in [0.2, 0.25) is 0 Å². The van der Waals surface area contributed by atoms with Gasteiger partial charge in [0.1, 0.15) is 0 Å². The van der Waals surface area contributed by atoms with E-state index in [0.717, 1.165) is 32.6 Å². The quantitative estimate of drug-likeness (QED) is 0.441. The van der Waals surface area contributed by atoms with Crippen LogP contribution in [0.1, 0.15) is 32.6 Å². The Kier molecular flexibility index (Phi) is 8.01. The molecule has 0 aromatic heterocycles. The minimum absolute atomic E-state index is 0.816. The molecule has 0 saturated carbocycles. The maximum Gasteiger partial charge on any atom is 0.0465 e. The molecule has 2 aromatic rings. The summed E-state index contributed by atoms with van der Waals surface area (Å²) in [7, 11) is 2.64. The molecule has 2 rings (SSSR count). The van der Waals surface area contributed by atoms with Gasteiger partial charge in [0.2, 0.25) is 0 Å². The lowest BCUT2D eigenvalue weighted by molar-refractivity contribution is 0.143. The molecule has 0 aliphatic heterocycles. The highest BCUT2D eigenvalue weighted by molar-refractivity contribution is 8.26. The van der Waals surface area contributed by atoms with E-state index in [9.17, 15) is 0 Å². The molecule has 2 aromatic carbocycles. The fraction of sp³-hybridized carbons (Fsp3) is 0.455. The number of ether oxygens (including phenoxy) is 1. The zero-order chi connectivity index (χ0) is 19.0. The third-order valence-electron chi connectivity index (χ3n) is 4.56. The monoisotopic (exact) mass is 374 g/mol. The third kappa shape index (κ3) is 5.50.